The summed E-state index contributed by atoms with van der Waals surface area (Å²) in [6.45, 7) is 18.1. The molecule has 27 heavy (non-hydrogen) atoms. The van der Waals surface area contributed by atoms with Crippen molar-refractivity contribution in [2.75, 3.05) is 32.7 Å². The highest BCUT2D eigenvalue weighted by Gasteiger charge is 2.25. The van der Waals surface area contributed by atoms with Crippen LogP contribution in [0.2, 0.25) is 0 Å². The molecule has 1 rings (SSSR count). The Bertz CT molecular complexity index is 477. The number of nitrogens with one attached hydrogen (secondary N) is 3. The van der Waals surface area contributed by atoms with Crippen LogP contribution in [0.5, 0.6) is 0 Å². The van der Waals surface area contributed by atoms with Crippen molar-refractivity contribution in [2.45, 2.75) is 78.5 Å². The first-order chi connectivity index (χ1) is 12.1. The number of rotatable bonds is 7. The second-order valence-corrected chi connectivity index (χ2v) is 8.51. The van der Waals surface area contributed by atoms with Crippen molar-refractivity contribution < 1.29 is 9.53 Å². The van der Waals surface area contributed by atoms with Crippen LogP contribution in [0.4, 0.5) is 4.79 Å². The van der Waals surface area contributed by atoms with Crippen molar-refractivity contribution in [3.05, 3.63) is 0 Å². The number of aliphatic imine (C=N–C) groups is 1. The van der Waals surface area contributed by atoms with Crippen molar-refractivity contribution in [3.63, 3.8) is 0 Å². The number of likely N-dealkylation sites (N-methyl/N-ethyl adjacent to an activating group) is 1. The molecule has 1 fully saturated rings. The molecule has 1 atom stereocenters. The molecule has 1 aliphatic rings. The average molecular weight is 497 g/mol. The second kappa shape index (κ2) is 11.9. The average Bonchev–Trinajstić information content (AvgIpc) is 2.95. The van der Waals surface area contributed by atoms with E-state index in [1.165, 1.54) is 19.4 Å². The largest absolute Gasteiger partial charge is 0.444 e. The van der Waals surface area contributed by atoms with Crippen LogP contribution < -0.4 is 16.0 Å². The summed E-state index contributed by atoms with van der Waals surface area (Å²) in [5.74, 6) is 0.787. The summed E-state index contributed by atoms with van der Waals surface area (Å²) < 4.78 is 5.33. The van der Waals surface area contributed by atoms with Gasteiger partial charge in [-0.15, -0.1) is 24.0 Å². The zero-order valence-corrected chi connectivity index (χ0v) is 20.5. The maximum absolute atomic E-state index is 12.0. The fourth-order valence-corrected chi connectivity index (χ4v) is 2.99. The highest BCUT2D eigenvalue weighted by atomic mass is 127. The number of halogens is 1. The molecule has 1 amide bonds. The molecular weight excluding hydrogens is 457 g/mol. The molecule has 3 N–H and O–H groups in total. The quantitative estimate of drug-likeness (QED) is 0.287. The van der Waals surface area contributed by atoms with Crippen LogP contribution in [0.25, 0.3) is 0 Å². The predicted octanol–water partition coefficient (Wildman–Crippen LogP) is 2.95. The Morgan fingerprint density at radius 1 is 1.19 bits per heavy atom. The van der Waals surface area contributed by atoms with Gasteiger partial charge in [-0.2, -0.15) is 0 Å². The van der Waals surface area contributed by atoms with E-state index < -0.39 is 17.2 Å². The van der Waals surface area contributed by atoms with Crippen molar-refractivity contribution in [2.24, 2.45) is 4.99 Å². The minimum Gasteiger partial charge on any atom is -0.444 e. The molecule has 8 heteroatoms. The maximum Gasteiger partial charge on any atom is 0.408 e. The molecule has 160 valence electrons. The molecular formula is C19H40IN5O2. The molecule has 0 saturated carbocycles. The van der Waals surface area contributed by atoms with E-state index in [9.17, 15) is 4.79 Å². The number of guanidine groups is 1. The number of ether oxygens (including phenoxy) is 1. The summed E-state index contributed by atoms with van der Waals surface area (Å²) in [4.78, 5) is 19.2. The zero-order chi connectivity index (χ0) is 19.8. The molecule has 0 radical (unpaired) electrons. The minimum atomic E-state index is -0.508. The van der Waals surface area contributed by atoms with Gasteiger partial charge in [0, 0.05) is 19.1 Å². The molecule has 0 bridgehead atoms. The Morgan fingerprint density at radius 3 is 2.41 bits per heavy atom. The number of amides is 1. The molecule has 1 unspecified atom stereocenters. The summed E-state index contributed by atoms with van der Waals surface area (Å²) in [6.07, 6.45) is 2.08. The van der Waals surface area contributed by atoms with E-state index in [-0.39, 0.29) is 24.0 Å². The summed E-state index contributed by atoms with van der Waals surface area (Å²) in [6, 6.07) is 0.566. The van der Waals surface area contributed by atoms with Crippen LogP contribution in [0.1, 0.15) is 61.3 Å². The van der Waals surface area contributed by atoms with Crippen LogP contribution >= 0.6 is 24.0 Å². The van der Waals surface area contributed by atoms with E-state index in [0.717, 1.165) is 25.6 Å². The summed E-state index contributed by atoms with van der Waals surface area (Å²) in [5.41, 5.74) is -1.00. The van der Waals surface area contributed by atoms with Crippen molar-refractivity contribution in [3.8, 4) is 0 Å². The van der Waals surface area contributed by atoms with Crippen LogP contribution in [0, 0.1) is 0 Å². The van der Waals surface area contributed by atoms with E-state index >= 15 is 0 Å². The van der Waals surface area contributed by atoms with Gasteiger partial charge < -0.3 is 20.7 Å². The number of carbonyl (C=O) groups excluding carboxylic acids is 1. The van der Waals surface area contributed by atoms with E-state index in [1.54, 1.807) is 0 Å². The Hall–Kier alpha value is -0.770. The third-order valence-corrected chi connectivity index (χ3v) is 4.23. The molecule has 1 saturated heterocycles. The van der Waals surface area contributed by atoms with E-state index in [2.05, 4.69) is 39.7 Å². The molecule has 0 aromatic heterocycles. The molecule has 1 aliphatic heterocycles. The fourth-order valence-electron chi connectivity index (χ4n) is 2.99. The number of alkyl carbamates (subject to hydrolysis) is 1. The van der Waals surface area contributed by atoms with E-state index in [1.807, 2.05) is 34.6 Å². The smallest absolute Gasteiger partial charge is 0.408 e. The van der Waals surface area contributed by atoms with Gasteiger partial charge in [-0.05, 0) is 67.5 Å². The lowest BCUT2D eigenvalue weighted by Crippen LogP contribution is -2.49. The normalized spacial score (nSPS) is 18.6. The maximum atomic E-state index is 12.0. The first-order valence-corrected chi connectivity index (χ1v) is 9.83. The third kappa shape index (κ3) is 11.0. The van der Waals surface area contributed by atoms with Gasteiger partial charge in [0.15, 0.2) is 5.96 Å². The number of hydrogen-bond acceptors (Lipinski definition) is 4. The molecule has 1 heterocycles. The highest BCUT2D eigenvalue weighted by molar-refractivity contribution is 14.0. The fraction of sp³-hybridized carbons (Fsp3) is 0.895. The standard InChI is InChI=1S/C19H39N5O2.HI/c1-8-20-16(21-13-15-11-10-12-24(15)9-2)22-14-19(6,7)23-17(25)26-18(3,4)5;/h15H,8-14H2,1-7H3,(H,23,25)(H2,20,21,22);1H. The van der Waals surface area contributed by atoms with Crippen molar-refractivity contribution in [1.82, 2.24) is 20.9 Å². The second-order valence-electron chi connectivity index (χ2n) is 8.51. The van der Waals surface area contributed by atoms with Gasteiger partial charge in [-0.1, -0.05) is 6.92 Å². The molecule has 0 aromatic carbocycles. The topological polar surface area (TPSA) is 78.0 Å². The lowest BCUT2D eigenvalue weighted by atomic mass is 10.1. The van der Waals surface area contributed by atoms with Gasteiger partial charge in [-0.3, -0.25) is 9.89 Å². The number of carbonyl (C=O) groups is 1. The summed E-state index contributed by atoms with van der Waals surface area (Å²) >= 11 is 0. The molecule has 7 nitrogen and oxygen atoms in total. The van der Waals surface area contributed by atoms with Crippen LogP contribution in [0.15, 0.2) is 4.99 Å². The van der Waals surface area contributed by atoms with Crippen molar-refractivity contribution in [1.29, 1.82) is 0 Å². The third-order valence-electron chi connectivity index (χ3n) is 4.23. The van der Waals surface area contributed by atoms with Crippen LogP contribution in [0.3, 0.4) is 0 Å². The number of likely N-dealkylation sites (tertiary alicyclic amines) is 1. The lowest BCUT2D eigenvalue weighted by molar-refractivity contribution is 0.0476. The van der Waals surface area contributed by atoms with Gasteiger partial charge in [-0.25, -0.2) is 4.79 Å². The van der Waals surface area contributed by atoms with Gasteiger partial charge in [0.2, 0.25) is 0 Å². The lowest BCUT2D eigenvalue weighted by Gasteiger charge is -2.28. The zero-order valence-electron chi connectivity index (χ0n) is 18.1. The van der Waals surface area contributed by atoms with Gasteiger partial charge in [0.05, 0.1) is 12.1 Å². The molecule has 0 spiro atoms. The number of hydrogen-bond donors (Lipinski definition) is 3. The van der Waals surface area contributed by atoms with Gasteiger partial charge in [0.1, 0.15) is 5.60 Å². The number of nitrogens with zero attached hydrogens (tertiary/aromatic N) is 2. The highest BCUT2D eigenvalue weighted by Crippen LogP contribution is 2.15. The Morgan fingerprint density at radius 2 is 1.85 bits per heavy atom. The van der Waals surface area contributed by atoms with Crippen molar-refractivity contribution >= 4 is 36.0 Å². The van der Waals surface area contributed by atoms with Gasteiger partial charge in [0.25, 0.3) is 0 Å². The summed E-state index contributed by atoms with van der Waals surface area (Å²) in [7, 11) is 0. The predicted molar refractivity (Wildman–Crippen MR) is 123 cm³/mol. The van der Waals surface area contributed by atoms with E-state index in [4.69, 9.17) is 4.74 Å². The van der Waals surface area contributed by atoms with E-state index in [0.29, 0.717) is 12.6 Å². The summed E-state index contributed by atoms with van der Waals surface area (Å²) in [5, 5.41) is 9.62. The van der Waals surface area contributed by atoms with Crippen LogP contribution in [-0.2, 0) is 4.74 Å². The first-order valence-electron chi connectivity index (χ1n) is 9.83. The monoisotopic (exact) mass is 497 g/mol. The Labute approximate surface area is 182 Å². The minimum absolute atomic E-state index is 0. The van der Waals surface area contributed by atoms with Crippen LogP contribution in [-0.4, -0.2) is 66.9 Å². The first kappa shape index (κ1) is 26.2. The SMILES string of the molecule is CCNC(=NCC(C)(C)NC(=O)OC(C)(C)C)NCC1CCCN1CC.I. The Kier molecular flexibility index (Phi) is 11.6. The Balaban J connectivity index is 0.00000676. The van der Waals surface area contributed by atoms with Gasteiger partial charge >= 0.3 is 6.09 Å². The molecule has 0 aromatic rings. The molecule has 0 aliphatic carbocycles.